The van der Waals surface area contributed by atoms with E-state index in [1.54, 1.807) is 6.07 Å². The molecule has 1 aromatic heterocycles. The van der Waals surface area contributed by atoms with Crippen LogP contribution >= 0.6 is 11.3 Å². The molecule has 0 fully saturated rings. The fourth-order valence-corrected chi connectivity index (χ4v) is 1.65. The molecule has 0 aliphatic carbocycles. The van der Waals surface area contributed by atoms with E-state index in [1.807, 2.05) is 12.3 Å². The van der Waals surface area contributed by atoms with Crippen molar-refractivity contribution in [3.05, 3.63) is 21.9 Å². The summed E-state index contributed by atoms with van der Waals surface area (Å²) >= 11 is 1.42. The van der Waals surface area contributed by atoms with Crippen LogP contribution in [0.3, 0.4) is 0 Å². The average molecular weight is 170 g/mol. The number of hydrogen-bond acceptors (Lipinski definition) is 3. The summed E-state index contributed by atoms with van der Waals surface area (Å²) in [7, 11) is 0. The van der Waals surface area contributed by atoms with Crippen molar-refractivity contribution in [1.82, 2.24) is 0 Å². The van der Waals surface area contributed by atoms with E-state index in [1.165, 1.54) is 11.3 Å². The molecule has 1 N–H and O–H groups in total. The van der Waals surface area contributed by atoms with E-state index in [4.69, 9.17) is 5.11 Å². The van der Waals surface area contributed by atoms with Crippen molar-refractivity contribution in [3.63, 3.8) is 0 Å². The maximum absolute atomic E-state index is 11.1. The summed E-state index contributed by atoms with van der Waals surface area (Å²) < 4.78 is 0. The molecule has 1 heterocycles. The maximum Gasteiger partial charge on any atom is 0.163 e. The number of carbonyl (C=O) groups is 1. The van der Waals surface area contributed by atoms with Crippen LogP contribution in [0.4, 0.5) is 0 Å². The first kappa shape index (κ1) is 8.43. The fourth-order valence-electron chi connectivity index (χ4n) is 0.902. The van der Waals surface area contributed by atoms with Gasteiger partial charge >= 0.3 is 0 Å². The quantitative estimate of drug-likeness (QED) is 0.703. The number of hydrogen-bond donors (Lipinski definition) is 1. The highest BCUT2D eigenvalue weighted by Crippen LogP contribution is 2.17. The van der Waals surface area contributed by atoms with Gasteiger partial charge in [-0.25, -0.2) is 0 Å². The first-order valence-electron chi connectivity index (χ1n) is 3.50. The van der Waals surface area contributed by atoms with E-state index in [2.05, 4.69) is 0 Å². The predicted molar refractivity (Wildman–Crippen MR) is 44.9 cm³/mol. The van der Waals surface area contributed by atoms with E-state index in [-0.39, 0.29) is 12.4 Å². The number of carbonyl (C=O) groups excluding carboxylic acids is 1. The fraction of sp³-hybridized carbons (Fsp3) is 0.375. The standard InChI is InChI=1S/C8H10O2S/c1-2-7(10)6-3-4-11-8(6)5-9/h3-4,9H,2,5H2,1H3. The van der Waals surface area contributed by atoms with E-state index in [9.17, 15) is 4.79 Å². The molecule has 0 atom stereocenters. The molecule has 1 rings (SSSR count). The first-order chi connectivity index (χ1) is 5.29. The highest BCUT2D eigenvalue weighted by atomic mass is 32.1. The molecule has 3 heteroatoms. The van der Waals surface area contributed by atoms with Crippen LogP contribution in [0.2, 0.25) is 0 Å². The van der Waals surface area contributed by atoms with E-state index in [0.717, 1.165) is 4.88 Å². The number of aliphatic hydroxyl groups is 1. The molecule has 0 saturated heterocycles. The Morgan fingerprint density at radius 2 is 2.45 bits per heavy atom. The largest absolute Gasteiger partial charge is 0.391 e. The van der Waals surface area contributed by atoms with Gasteiger partial charge in [0.2, 0.25) is 0 Å². The number of Topliss-reactive ketones (excluding diaryl/α,β-unsaturated/α-hetero) is 1. The van der Waals surface area contributed by atoms with E-state index < -0.39 is 0 Å². The molecule has 11 heavy (non-hydrogen) atoms. The van der Waals surface area contributed by atoms with Gasteiger partial charge in [-0.05, 0) is 11.4 Å². The molecular formula is C8H10O2S. The Kier molecular flexibility index (Phi) is 2.79. The van der Waals surface area contributed by atoms with Crippen LogP contribution in [0, 0.1) is 0 Å². The Balaban J connectivity index is 2.92. The van der Waals surface area contributed by atoms with Crippen LogP contribution in [0.15, 0.2) is 11.4 Å². The molecule has 0 aliphatic rings. The molecule has 60 valence electrons. The summed E-state index contributed by atoms with van der Waals surface area (Å²) in [5, 5.41) is 10.6. The Morgan fingerprint density at radius 3 is 3.00 bits per heavy atom. The van der Waals surface area contributed by atoms with Crippen molar-refractivity contribution in [3.8, 4) is 0 Å². The third-order valence-electron chi connectivity index (χ3n) is 1.51. The van der Waals surface area contributed by atoms with Gasteiger partial charge in [-0.3, -0.25) is 4.79 Å². The first-order valence-corrected chi connectivity index (χ1v) is 4.38. The van der Waals surface area contributed by atoms with Crippen LogP contribution in [0.5, 0.6) is 0 Å². The monoisotopic (exact) mass is 170 g/mol. The zero-order valence-corrected chi connectivity index (χ0v) is 7.15. The van der Waals surface area contributed by atoms with Crippen LogP contribution in [-0.4, -0.2) is 10.9 Å². The molecule has 0 aliphatic heterocycles. The molecule has 0 spiro atoms. The summed E-state index contributed by atoms with van der Waals surface area (Å²) in [5.74, 6) is 0.107. The topological polar surface area (TPSA) is 37.3 Å². The van der Waals surface area contributed by atoms with Crippen molar-refractivity contribution in [1.29, 1.82) is 0 Å². The molecule has 0 bridgehead atoms. The van der Waals surface area contributed by atoms with Crippen LogP contribution in [0.1, 0.15) is 28.6 Å². The number of rotatable bonds is 3. The second-order valence-corrected chi connectivity index (χ2v) is 3.19. The van der Waals surface area contributed by atoms with Crippen LogP contribution in [-0.2, 0) is 6.61 Å². The van der Waals surface area contributed by atoms with Crippen LogP contribution < -0.4 is 0 Å². The molecule has 0 saturated carbocycles. The van der Waals surface area contributed by atoms with Crippen LogP contribution in [0.25, 0.3) is 0 Å². The summed E-state index contributed by atoms with van der Waals surface area (Å²) in [5.41, 5.74) is 0.681. The summed E-state index contributed by atoms with van der Waals surface area (Å²) in [6, 6.07) is 1.77. The highest BCUT2D eigenvalue weighted by Gasteiger charge is 2.08. The summed E-state index contributed by atoms with van der Waals surface area (Å²) in [6.07, 6.45) is 0.504. The molecule has 0 unspecified atom stereocenters. The van der Waals surface area contributed by atoms with Gasteiger partial charge in [-0.15, -0.1) is 11.3 Å². The highest BCUT2D eigenvalue weighted by molar-refractivity contribution is 7.10. The zero-order chi connectivity index (χ0) is 8.27. The number of ketones is 1. The molecular weight excluding hydrogens is 160 g/mol. The third-order valence-corrected chi connectivity index (χ3v) is 2.42. The third kappa shape index (κ3) is 1.67. The van der Waals surface area contributed by atoms with Gasteiger partial charge in [0, 0.05) is 16.9 Å². The Morgan fingerprint density at radius 1 is 1.73 bits per heavy atom. The minimum Gasteiger partial charge on any atom is -0.391 e. The number of aliphatic hydroxyl groups excluding tert-OH is 1. The van der Waals surface area contributed by atoms with Gasteiger partial charge < -0.3 is 5.11 Å². The van der Waals surface area contributed by atoms with Crippen molar-refractivity contribution in [2.75, 3.05) is 0 Å². The Labute approximate surface area is 69.5 Å². The maximum atomic E-state index is 11.1. The minimum absolute atomic E-state index is 0.0290. The lowest BCUT2D eigenvalue weighted by Gasteiger charge is -1.95. The van der Waals surface area contributed by atoms with Crippen molar-refractivity contribution >= 4 is 17.1 Å². The molecule has 0 aromatic carbocycles. The van der Waals surface area contributed by atoms with Crippen molar-refractivity contribution < 1.29 is 9.90 Å². The lowest BCUT2D eigenvalue weighted by Crippen LogP contribution is -1.97. The molecule has 1 aromatic rings. The van der Waals surface area contributed by atoms with Crippen molar-refractivity contribution in [2.45, 2.75) is 20.0 Å². The minimum atomic E-state index is -0.0290. The van der Waals surface area contributed by atoms with Crippen molar-refractivity contribution in [2.24, 2.45) is 0 Å². The average Bonchev–Trinajstić information content (AvgIpc) is 2.50. The smallest absolute Gasteiger partial charge is 0.163 e. The molecule has 2 nitrogen and oxygen atoms in total. The number of thiophene rings is 1. The molecule has 0 radical (unpaired) electrons. The Bertz CT molecular complexity index is 252. The van der Waals surface area contributed by atoms with Gasteiger partial charge in [0.05, 0.1) is 6.61 Å². The van der Waals surface area contributed by atoms with E-state index >= 15 is 0 Å². The summed E-state index contributed by atoms with van der Waals surface area (Å²) in [6.45, 7) is 1.79. The second-order valence-electron chi connectivity index (χ2n) is 2.19. The van der Waals surface area contributed by atoms with Gasteiger partial charge in [-0.1, -0.05) is 6.92 Å². The van der Waals surface area contributed by atoms with Gasteiger partial charge in [-0.2, -0.15) is 0 Å². The predicted octanol–water partition coefficient (Wildman–Crippen LogP) is 1.83. The lowest BCUT2D eigenvalue weighted by atomic mass is 10.1. The lowest BCUT2D eigenvalue weighted by molar-refractivity contribution is 0.0986. The van der Waals surface area contributed by atoms with Gasteiger partial charge in [0.15, 0.2) is 5.78 Å². The van der Waals surface area contributed by atoms with Gasteiger partial charge in [0.1, 0.15) is 0 Å². The molecule has 0 amide bonds. The summed E-state index contributed by atoms with van der Waals surface area (Å²) in [4.78, 5) is 11.9. The second kappa shape index (κ2) is 3.64. The van der Waals surface area contributed by atoms with Gasteiger partial charge in [0.25, 0.3) is 0 Å². The Hall–Kier alpha value is -0.670. The van der Waals surface area contributed by atoms with E-state index in [0.29, 0.717) is 12.0 Å². The zero-order valence-electron chi connectivity index (χ0n) is 6.33. The SMILES string of the molecule is CCC(=O)c1ccsc1CO. The normalized spacial score (nSPS) is 10.0.